The number of alkyl halides is 1. The van der Waals surface area contributed by atoms with Crippen LogP contribution in [0, 0.1) is 5.92 Å². The molecule has 0 aliphatic heterocycles. The monoisotopic (exact) mass is 294 g/mol. The fourth-order valence-corrected chi connectivity index (χ4v) is 2.13. The summed E-state index contributed by atoms with van der Waals surface area (Å²) < 4.78 is 1.84. The third-order valence-corrected chi connectivity index (χ3v) is 3.10. The Labute approximate surface area is 123 Å². The first-order chi connectivity index (χ1) is 9.61. The molecule has 0 unspecified atom stereocenters. The first-order valence-electron chi connectivity index (χ1n) is 6.74. The van der Waals surface area contributed by atoms with Gasteiger partial charge in [0.1, 0.15) is 17.9 Å². The van der Waals surface area contributed by atoms with Crippen LogP contribution < -0.4 is 5.32 Å². The molecule has 1 N–H and O–H groups in total. The van der Waals surface area contributed by atoms with Crippen molar-refractivity contribution < 1.29 is 4.79 Å². The van der Waals surface area contributed by atoms with Crippen LogP contribution >= 0.6 is 11.6 Å². The minimum Gasteiger partial charge on any atom is -0.354 e. The third kappa shape index (κ3) is 3.48. The topological polar surface area (TPSA) is 59.8 Å². The second-order valence-corrected chi connectivity index (χ2v) is 5.48. The number of aromatic nitrogens is 3. The summed E-state index contributed by atoms with van der Waals surface area (Å²) in [5, 5.41) is 2.91. The molecule has 5 nitrogen and oxygen atoms in total. The second-order valence-electron chi connectivity index (χ2n) is 5.10. The van der Waals surface area contributed by atoms with Gasteiger partial charge in [-0.05, 0) is 18.1 Å². The fraction of sp³-hybridized carbons (Fsp3) is 0.500. The number of carbonyl (C=O) groups excluding carboxylic acids is 1. The Morgan fingerprint density at radius 1 is 1.50 bits per heavy atom. The third-order valence-electron chi connectivity index (χ3n) is 2.91. The summed E-state index contributed by atoms with van der Waals surface area (Å²) in [6.07, 6.45) is 2.33. The highest BCUT2D eigenvalue weighted by Crippen LogP contribution is 2.14. The van der Waals surface area contributed by atoms with Crippen LogP contribution in [-0.4, -0.2) is 32.9 Å². The molecule has 6 heteroatoms. The number of amides is 1. The Hall–Kier alpha value is -1.62. The molecule has 0 bridgehead atoms. The lowest BCUT2D eigenvalue weighted by Crippen LogP contribution is -2.31. The maximum Gasteiger partial charge on any atom is 0.240 e. The minimum absolute atomic E-state index is 0.0283. The van der Waals surface area contributed by atoms with Gasteiger partial charge in [0.05, 0.1) is 0 Å². The summed E-state index contributed by atoms with van der Waals surface area (Å²) in [5.41, 5.74) is 1.52. The van der Waals surface area contributed by atoms with Crippen molar-refractivity contribution in [2.75, 3.05) is 12.4 Å². The number of pyridine rings is 1. The van der Waals surface area contributed by atoms with Gasteiger partial charge >= 0.3 is 0 Å². The van der Waals surface area contributed by atoms with E-state index in [1.165, 1.54) is 0 Å². The summed E-state index contributed by atoms with van der Waals surface area (Å²) >= 11 is 5.80. The van der Waals surface area contributed by atoms with E-state index >= 15 is 0 Å². The SMILES string of the molecule is CC(C)CNC(=O)Cn1c(CCCl)nc2cccnc21. The van der Waals surface area contributed by atoms with E-state index < -0.39 is 0 Å². The van der Waals surface area contributed by atoms with E-state index in [1.807, 2.05) is 16.7 Å². The smallest absolute Gasteiger partial charge is 0.240 e. The number of hydrogen-bond acceptors (Lipinski definition) is 3. The van der Waals surface area contributed by atoms with E-state index in [0.717, 1.165) is 17.0 Å². The van der Waals surface area contributed by atoms with Crippen molar-refractivity contribution in [2.24, 2.45) is 5.92 Å². The lowest BCUT2D eigenvalue weighted by atomic mass is 10.2. The van der Waals surface area contributed by atoms with Crippen LogP contribution in [0.4, 0.5) is 0 Å². The van der Waals surface area contributed by atoms with Crippen LogP contribution in [0.1, 0.15) is 19.7 Å². The van der Waals surface area contributed by atoms with Crippen molar-refractivity contribution in [2.45, 2.75) is 26.8 Å². The van der Waals surface area contributed by atoms with Crippen LogP contribution in [0.3, 0.4) is 0 Å². The number of aryl methyl sites for hydroxylation is 1. The quantitative estimate of drug-likeness (QED) is 0.829. The van der Waals surface area contributed by atoms with E-state index in [-0.39, 0.29) is 12.5 Å². The van der Waals surface area contributed by atoms with Crippen molar-refractivity contribution in [3.8, 4) is 0 Å². The van der Waals surface area contributed by atoms with Crippen molar-refractivity contribution in [1.29, 1.82) is 0 Å². The van der Waals surface area contributed by atoms with Gasteiger partial charge in [0.25, 0.3) is 0 Å². The first-order valence-corrected chi connectivity index (χ1v) is 7.28. The van der Waals surface area contributed by atoms with Crippen LogP contribution in [0.15, 0.2) is 18.3 Å². The molecular weight excluding hydrogens is 276 g/mol. The average Bonchev–Trinajstić information content (AvgIpc) is 2.75. The number of imidazole rings is 1. The van der Waals surface area contributed by atoms with E-state index in [0.29, 0.717) is 24.8 Å². The second kappa shape index (κ2) is 6.70. The molecule has 0 aliphatic rings. The number of hydrogen-bond donors (Lipinski definition) is 1. The molecule has 0 aliphatic carbocycles. The molecule has 0 saturated heterocycles. The number of nitrogens with one attached hydrogen (secondary N) is 1. The highest BCUT2D eigenvalue weighted by atomic mass is 35.5. The van der Waals surface area contributed by atoms with Gasteiger partial charge in [-0.1, -0.05) is 13.8 Å². The highest BCUT2D eigenvalue weighted by Gasteiger charge is 2.14. The van der Waals surface area contributed by atoms with E-state index in [2.05, 4.69) is 29.1 Å². The molecule has 0 atom stereocenters. The van der Waals surface area contributed by atoms with Crippen LogP contribution in [-0.2, 0) is 17.8 Å². The molecule has 0 radical (unpaired) electrons. The summed E-state index contributed by atoms with van der Waals surface area (Å²) in [6, 6.07) is 3.73. The molecule has 0 aromatic carbocycles. The summed E-state index contributed by atoms with van der Waals surface area (Å²) in [4.78, 5) is 20.8. The molecule has 1 amide bonds. The Morgan fingerprint density at radius 2 is 2.30 bits per heavy atom. The molecule has 20 heavy (non-hydrogen) atoms. The van der Waals surface area contributed by atoms with Crippen molar-refractivity contribution in [3.05, 3.63) is 24.2 Å². The molecule has 0 fully saturated rings. The largest absolute Gasteiger partial charge is 0.354 e. The summed E-state index contributed by atoms with van der Waals surface area (Å²) in [7, 11) is 0. The van der Waals surface area contributed by atoms with E-state index in [9.17, 15) is 4.79 Å². The lowest BCUT2D eigenvalue weighted by Gasteiger charge is -2.10. The molecule has 0 spiro atoms. The van der Waals surface area contributed by atoms with Crippen LogP contribution in [0.25, 0.3) is 11.2 Å². The van der Waals surface area contributed by atoms with E-state index in [1.54, 1.807) is 6.20 Å². The molecule has 2 rings (SSSR count). The van der Waals surface area contributed by atoms with Gasteiger partial charge in [0.2, 0.25) is 5.91 Å². The van der Waals surface area contributed by atoms with Gasteiger partial charge < -0.3 is 9.88 Å². The van der Waals surface area contributed by atoms with Crippen molar-refractivity contribution >= 4 is 28.7 Å². The molecule has 0 saturated carbocycles. The highest BCUT2D eigenvalue weighted by molar-refractivity contribution is 6.17. The Kier molecular flexibility index (Phi) is 4.95. The molecular formula is C14H19ClN4O. The van der Waals surface area contributed by atoms with Gasteiger partial charge in [0.15, 0.2) is 5.65 Å². The number of halogens is 1. The Morgan fingerprint density at radius 3 is 3.00 bits per heavy atom. The molecule has 108 valence electrons. The van der Waals surface area contributed by atoms with Gasteiger partial charge in [-0.25, -0.2) is 9.97 Å². The first kappa shape index (κ1) is 14.8. The summed E-state index contributed by atoms with van der Waals surface area (Å²) in [6.45, 7) is 5.02. The van der Waals surface area contributed by atoms with Crippen LogP contribution in [0.2, 0.25) is 0 Å². The minimum atomic E-state index is -0.0283. The van der Waals surface area contributed by atoms with Gasteiger partial charge in [-0.2, -0.15) is 0 Å². The van der Waals surface area contributed by atoms with Crippen molar-refractivity contribution in [1.82, 2.24) is 19.9 Å². The zero-order valence-electron chi connectivity index (χ0n) is 11.8. The average molecular weight is 295 g/mol. The zero-order chi connectivity index (χ0) is 14.5. The Bertz CT molecular complexity index is 594. The zero-order valence-corrected chi connectivity index (χ0v) is 12.5. The fourth-order valence-electron chi connectivity index (χ4n) is 1.96. The normalized spacial score (nSPS) is 11.2. The molecule has 2 aromatic heterocycles. The van der Waals surface area contributed by atoms with Gasteiger partial charge in [-0.3, -0.25) is 4.79 Å². The standard InChI is InChI=1S/C14H19ClN4O/c1-10(2)8-17-13(20)9-19-12(5-6-15)18-11-4-3-7-16-14(11)19/h3-4,7,10H,5-6,8-9H2,1-2H3,(H,17,20). The number of fused-ring (bicyclic) bond motifs is 1. The van der Waals surface area contributed by atoms with Crippen LogP contribution in [0.5, 0.6) is 0 Å². The Balaban J connectivity index is 2.22. The number of rotatable bonds is 6. The predicted molar refractivity (Wildman–Crippen MR) is 79.8 cm³/mol. The number of nitrogens with zero attached hydrogens (tertiary/aromatic N) is 3. The molecule has 2 heterocycles. The van der Waals surface area contributed by atoms with Crippen molar-refractivity contribution in [3.63, 3.8) is 0 Å². The molecule has 2 aromatic rings. The predicted octanol–water partition coefficient (Wildman–Crippen LogP) is 1.98. The van der Waals surface area contributed by atoms with Gasteiger partial charge in [-0.15, -0.1) is 11.6 Å². The number of carbonyl (C=O) groups is 1. The maximum absolute atomic E-state index is 12.0. The van der Waals surface area contributed by atoms with E-state index in [4.69, 9.17) is 11.6 Å². The lowest BCUT2D eigenvalue weighted by molar-refractivity contribution is -0.121. The maximum atomic E-state index is 12.0. The summed E-state index contributed by atoms with van der Waals surface area (Å²) in [5.74, 6) is 1.67. The van der Waals surface area contributed by atoms with Gasteiger partial charge in [0, 0.05) is 25.0 Å².